The zero-order valence-corrected chi connectivity index (χ0v) is 10.5. The molecule has 0 aromatic carbocycles. The molecule has 1 aromatic heterocycles. The van der Waals surface area contributed by atoms with Crippen LogP contribution in [0.25, 0.3) is 0 Å². The third-order valence-electron chi connectivity index (χ3n) is 3.04. The fraction of sp³-hybridized carbons (Fsp3) is 0.583. The number of anilines is 1. The number of rotatable bonds is 3. The van der Waals surface area contributed by atoms with Crippen LogP contribution in [-0.4, -0.2) is 40.9 Å². The van der Waals surface area contributed by atoms with Crippen molar-refractivity contribution in [1.82, 2.24) is 14.9 Å². The molecule has 0 aliphatic heterocycles. The van der Waals surface area contributed by atoms with E-state index in [1.165, 1.54) is 5.56 Å². The van der Waals surface area contributed by atoms with Crippen molar-refractivity contribution in [2.45, 2.75) is 32.2 Å². The zero-order valence-electron chi connectivity index (χ0n) is 10.5. The maximum atomic E-state index is 11.8. The minimum Gasteiger partial charge on any atom is -0.358 e. The molecule has 17 heavy (non-hydrogen) atoms. The number of likely N-dealkylation sites (N-methyl/N-ethyl adjacent to an activating group) is 1. The van der Waals surface area contributed by atoms with Gasteiger partial charge in [0.1, 0.15) is 18.2 Å². The first-order valence-corrected chi connectivity index (χ1v) is 5.90. The average molecular weight is 234 g/mol. The molecule has 5 nitrogen and oxygen atoms in total. The van der Waals surface area contributed by atoms with Crippen LogP contribution in [0.3, 0.4) is 0 Å². The lowest BCUT2D eigenvalue weighted by Crippen LogP contribution is -2.37. The number of aromatic nitrogens is 2. The van der Waals surface area contributed by atoms with E-state index < -0.39 is 0 Å². The minimum absolute atomic E-state index is 0.0513. The number of hydrogen-bond donors (Lipinski definition) is 1. The van der Waals surface area contributed by atoms with Crippen LogP contribution in [0.1, 0.15) is 24.6 Å². The topological polar surface area (TPSA) is 58.1 Å². The fourth-order valence-corrected chi connectivity index (χ4v) is 2.14. The summed E-state index contributed by atoms with van der Waals surface area (Å²) in [6.07, 6.45) is 4.71. The maximum absolute atomic E-state index is 11.8. The van der Waals surface area contributed by atoms with Crippen molar-refractivity contribution in [2.24, 2.45) is 0 Å². The Morgan fingerprint density at radius 2 is 2.18 bits per heavy atom. The molecule has 1 atom stereocenters. The van der Waals surface area contributed by atoms with Crippen LogP contribution in [-0.2, 0) is 17.6 Å². The summed E-state index contributed by atoms with van der Waals surface area (Å²) >= 11 is 0. The third kappa shape index (κ3) is 2.38. The molecular formula is C12H18N4O. The number of nitrogens with zero attached hydrogens (tertiary/aromatic N) is 3. The normalized spacial score (nSPS) is 15.2. The molecule has 0 fully saturated rings. The minimum atomic E-state index is -0.260. The molecule has 1 aliphatic rings. The second kappa shape index (κ2) is 4.69. The van der Waals surface area contributed by atoms with Crippen molar-refractivity contribution in [3.63, 3.8) is 0 Å². The molecule has 2 rings (SSSR count). The first-order valence-electron chi connectivity index (χ1n) is 5.90. The first-order chi connectivity index (χ1) is 8.09. The van der Waals surface area contributed by atoms with Crippen LogP contribution in [0.4, 0.5) is 5.82 Å². The Morgan fingerprint density at radius 1 is 1.41 bits per heavy atom. The summed E-state index contributed by atoms with van der Waals surface area (Å²) < 4.78 is 0. The predicted molar refractivity (Wildman–Crippen MR) is 65.8 cm³/mol. The molecule has 1 unspecified atom stereocenters. The van der Waals surface area contributed by atoms with Crippen molar-refractivity contribution in [3.8, 4) is 0 Å². The lowest BCUT2D eigenvalue weighted by Gasteiger charge is -2.19. The van der Waals surface area contributed by atoms with E-state index in [1.807, 2.05) is 6.92 Å². The third-order valence-corrected chi connectivity index (χ3v) is 3.04. The van der Waals surface area contributed by atoms with Gasteiger partial charge >= 0.3 is 0 Å². The van der Waals surface area contributed by atoms with Gasteiger partial charge in [0.2, 0.25) is 5.91 Å². The number of fused-ring (bicyclic) bond motifs is 1. The van der Waals surface area contributed by atoms with Crippen LogP contribution in [0.2, 0.25) is 0 Å². The summed E-state index contributed by atoms with van der Waals surface area (Å²) in [6, 6.07) is -0.260. The van der Waals surface area contributed by atoms with Gasteiger partial charge in [-0.2, -0.15) is 0 Å². The summed E-state index contributed by atoms with van der Waals surface area (Å²) in [5.74, 6) is 0.866. The molecule has 0 radical (unpaired) electrons. The highest BCUT2D eigenvalue weighted by Gasteiger charge is 2.20. The molecule has 1 heterocycles. The molecule has 1 N–H and O–H groups in total. The zero-order chi connectivity index (χ0) is 12.4. The summed E-state index contributed by atoms with van der Waals surface area (Å²) in [5, 5.41) is 3.18. The average Bonchev–Trinajstić information content (AvgIpc) is 2.76. The van der Waals surface area contributed by atoms with E-state index in [0.717, 1.165) is 30.8 Å². The van der Waals surface area contributed by atoms with Gasteiger partial charge in [-0.25, -0.2) is 9.97 Å². The van der Waals surface area contributed by atoms with Crippen LogP contribution in [0.5, 0.6) is 0 Å². The Bertz CT molecular complexity index is 431. The van der Waals surface area contributed by atoms with Gasteiger partial charge in [0.25, 0.3) is 0 Å². The van der Waals surface area contributed by atoms with Crippen LogP contribution < -0.4 is 5.32 Å². The van der Waals surface area contributed by atoms with Gasteiger partial charge in [0.05, 0.1) is 0 Å². The Kier molecular flexibility index (Phi) is 3.26. The van der Waals surface area contributed by atoms with Gasteiger partial charge in [-0.1, -0.05) is 0 Å². The van der Waals surface area contributed by atoms with Crippen LogP contribution in [0.15, 0.2) is 6.33 Å². The van der Waals surface area contributed by atoms with Crippen molar-refractivity contribution < 1.29 is 4.79 Å². The molecule has 1 aliphatic carbocycles. The molecule has 1 amide bonds. The molecule has 92 valence electrons. The van der Waals surface area contributed by atoms with E-state index in [2.05, 4.69) is 15.3 Å². The maximum Gasteiger partial charge on any atom is 0.244 e. The Morgan fingerprint density at radius 3 is 2.88 bits per heavy atom. The number of hydrogen-bond acceptors (Lipinski definition) is 4. The number of aryl methyl sites for hydroxylation is 1. The van der Waals surface area contributed by atoms with Gasteiger partial charge in [0, 0.05) is 25.4 Å². The Hall–Kier alpha value is -1.65. The highest BCUT2D eigenvalue weighted by molar-refractivity contribution is 5.83. The Balaban J connectivity index is 2.14. The van der Waals surface area contributed by atoms with E-state index in [-0.39, 0.29) is 11.9 Å². The van der Waals surface area contributed by atoms with Gasteiger partial charge < -0.3 is 10.2 Å². The first kappa shape index (κ1) is 11.8. The second-order valence-corrected chi connectivity index (χ2v) is 4.60. The summed E-state index contributed by atoms with van der Waals surface area (Å²) in [7, 11) is 3.51. The summed E-state index contributed by atoms with van der Waals surface area (Å²) in [5.41, 5.74) is 2.29. The number of amides is 1. The molecule has 0 saturated carbocycles. The fourth-order valence-electron chi connectivity index (χ4n) is 2.14. The Labute approximate surface area is 101 Å². The van der Waals surface area contributed by atoms with Crippen LogP contribution in [0, 0.1) is 0 Å². The van der Waals surface area contributed by atoms with Gasteiger partial charge in [-0.05, 0) is 26.2 Å². The lowest BCUT2D eigenvalue weighted by atomic mass is 10.2. The quantitative estimate of drug-likeness (QED) is 0.842. The smallest absolute Gasteiger partial charge is 0.244 e. The van der Waals surface area contributed by atoms with Gasteiger partial charge in [-0.15, -0.1) is 0 Å². The molecule has 0 bridgehead atoms. The number of carbonyl (C=O) groups excluding carboxylic acids is 1. The van der Waals surface area contributed by atoms with Crippen molar-refractivity contribution in [2.75, 3.05) is 19.4 Å². The molecule has 1 aromatic rings. The van der Waals surface area contributed by atoms with E-state index in [4.69, 9.17) is 0 Å². The summed E-state index contributed by atoms with van der Waals surface area (Å²) in [4.78, 5) is 21.8. The highest BCUT2D eigenvalue weighted by Crippen LogP contribution is 2.25. The van der Waals surface area contributed by atoms with Crippen molar-refractivity contribution in [3.05, 3.63) is 17.6 Å². The van der Waals surface area contributed by atoms with Crippen LogP contribution >= 0.6 is 0 Å². The largest absolute Gasteiger partial charge is 0.358 e. The SMILES string of the molecule is CC(Nc1ncnc2c1CCC2)C(=O)N(C)C. The van der Waals surface area contributed by atoms with Gasteiger partial charge in [0.15, 0.2) is 0 Å². The van der Waals surface area contributed by atoms with E-state index in [9.17, 15) is 4.79 Å². The molecule has 5 heteroatoms. The van der Waals surface area contributed by atoms with Gasteiger partial charge in [-0.3, -0.25) is 4.79 Å². The number of carbonyl (C=O) groups is 1. The van der Waals surface area contributed by atoms with E-state index in [0.29, 0.717) is 0 Å². The standard InChI is InChI=1S/C12H18N4O/c1-8(12(17)16(2)3)15-11-9-5-4-6-10(9)13-7-14-11/h7-8H,4-6H2,1-3H3,(H,13,14,15). The number of nitrogens with one attached hydrogen (secondary N) is 1. The lowest BCUT2D eigenvalue weighted by molar-refractivity contribution is -0.129. The van der Waals surface area contributed by atoms with Crippen molar-refractivity contribution >= 4 is 11.7 Å². The monoisotopic (exact) mass is 234 g/mol. The summed E-state index contributed by atoms with van der Waals surface area (Å²) in [6.45, 7) is 1.85. The molecule has 0 saturated heterocycles. The van der Waals surface area contributed by atoms with E-state index >= 15 is 0 Å². The second-order valence-electron chi connectivity index (χ2n) is 4.60. The van der Waals surface area contributed by atoms with E-state index in [1.54, 1.807) is 25.3 Å². The predicted octanol–water partition coefficient (Wildman–Crippen LogP) is 0.854. The van der Waals surface area contributed by atoms with Crippen molar-refractivity contribution in [1.29, 1.82) is 0 Å². The highest BCUT2D eigenvalue weighted by atomic mass is 16.2. The molecular weight excluding hydrogens is 216 g/mol. The molecule has 0 spiro atoms.